The van der Waals surface area contributed by atoms with E-state index in [9.17, 15) is 23.2 Å². The van der Waals surface area contributed by atoms with Gasteiger partial charge in [0.15, 0.2) is 0 Å². The molecular weight excluding hydrogens is 440 g/mol. The molecule has 0 unspecified atom stereocenters. The average molecular weight is 470 g/mol. The SMILES string of the molecule is CC(C)(NC(=O)c1ccc(F)cc1)C(=O)N1C[C@@H](c2ccc(F)cc2)[C@@]2(CCCCC(=O)N2)C1. The molecule has 2 aromatic carbocycles. The summed E-state index contributed by atoms with van der Waals surface area (Å²) in [6.45, 7) is 3.89. The molecule has 2 fully saturated rings. The molecule has 0 bridgehead atoms. The van der Waals surface area contributed by atoms with Crippen molar-refractivity contribution < 1.29 is 23.2 Å². The normalized spacial score (nSPS) is 22.9. The Morgan fingerprint density at radius 1 is 1.03 bits per heavy atom. The summed E-state index contributed by atoms with van der Waals surface area (Å²) in [4.78, 5) is 40.5. The zero-order valence-corrected chi connectivity index (χ0v) is 19.4. The lowest BCUT2D eigenvalue weighted by molar-refractivity contribution is -0.136. The van der Waals surface area contributed by atoms with E-state index in [0.717, 1.165) is 18.4 Å². The minimum Gasteiger partial charge on any atom is -0.348 e. The van der Waals surface area contributed by atoms with Crippen LogP contribution in [0.2, 0.25) is 0 Å². The van der Waals surface area contributed by atoms with Crippen LogP contribution in [-0.4, -0.2) is 46.8 Å². The molecule has 0 aliphatic carbocycles. The zero-order chi connectivity index (χ0) is 24.5. The van der Waals surface area contributed by atoms with Crippen LogP contribution >= 0.6 is 0 Å². The molecule has 3 amide bonds. The van der Waals surface area contributed by atoms with Gasteiger partial charge in [-0.25, -0.2) is 8.78 Å². The number of benzene rings is 2. The third kappa shape index (κ3) is 4.81. The Morgan fingerprint density at radius 2 is 1.65 bits per heavy atom. The summed E-state index contributed by atoms with van der Waals surface area (Å²) in [6.07, 6.45) is 2.75. The van der Waals surface area contributed by atoms with Gasteiger partial charge >= 0.3 is 0 Å². The molecule has 4 rings (SSSR count). The van der Waals surface area contributed by atoms with Crippen LogP contribution in [0, 0.1) is 11.6 Å². The molecular formula is C26H29F2N3O3. The maximum atomic E-state index is 13.6. The summed E-state index contributed by atoms with van der Waals surface area (Å²) in [5.41, 5.74) is -0.788. The van der Waals surface area contributed by atoms with E-state index in [1.54, 1.807) is 30.9 Å². The van der Waals surface area contributed by atoms with Crippen molar-refractivity contribution >= 4 is 17.7 Å². The van der Waals surface area contributed by atoms with Crippen LogP contribution in [0.15, 0.2) is 48.5 Å². The number of hydrogen-bond acceptors (Lipinski definition) is 3. The van der Waals surface area contributed by atoms with Crippen molar-refractivity contribution in [2.75, 3.05) is 13.1 Å². The number of likely N-dealkylation sites (tertiary alicyclic amines) is 1. The Morgan fingerprint density at radius 3 is 2.29 bits per heavy atom. The summed E-state index contributed by atoms with van der Waals surface area (Å²) >= 11 is 0. The third-order valence-electron chi connectivity index (χ3n) is 6.83. The lowest BCUT2D eigenvalue weighted by atomic mass is 9.79. The highest BCUT2D eigenvalue weighted by Crippen LogP contribution is 2.41. The molecule has 2 N–H and O–H groups in total. The lowest BCUT2D eigenvalue weighted by Gasteiger charge is -2.35. The van der Waals surface area contributed by atoms with Crippen molar-refractivity contribution in [1.82, 2.24) is 15.5 Å². The standard InChI is InChI=1S/C26H29F2N3O3/c1-25(2,30-23(33)18-8-12-20(28)13-9-18)24(34)31-15-21(17-6-10-19(27)11-7-17)26(16-31)14-4-3-5-22(32)29-26/h6-13,21H,3-5,14-16H2,1-2H3,(H,29,32)(H,30,33)/t21-,26+/m0/s1. The molecule has 2 aliphatic heterocycles. The Kier molecular flexibility index (Phi) is 6.43. The van der Waals surface area contributed by atoms with E-state index >= 15 is 0 Å². The van der Waals surface area contributed by atoms with Gasteiger partial charge in [-0.05, 0) is 68.7 Å². The number of amides is 3. The Balaban J connectivity index is 1.58. The van der Waals surface area contributed by atoms with Gasteiger partial charge in [0.25, 0.3) is 5.91 Å². The quantitative estimate of drug-likeness (QED) is 0.719. The summed E-state index contributed by atoms with van der Waals surface area (Å²) < 4.78 is 26.8. The summed E-state index contributed by atoms with van der Waals surface area (Å²) in [7, 11) is 0. The van der Waals surface area contributed by atoms with Crippen molar-refractivity contribution in [2.45, 2.75) is 56.5 Å². The molecule has 0 aromatic heterocycles. The van der Waals surface area contributed by atoms with Crippen molar-refractivity contribution in [2.24, 2.45) is 0 Å². The van der Waals surface area contributed by atoms with Crippen LogP contribution in [0.25, 0.3) is 0 Å². The van der Waals surface area contributed by atoms with Gasteiger partial charge < -0.3 is 15.5 Å². The van der Waals surface area contributed by atoms with Gasteiger partial charge in [-0.1, -0.05) is 18.6 Å². The second-order valence-electron chi connectivity index (χ2n) is 9.79. The van der Waals surface area contributed by atoms with E-state index in [-0.39, 0.29) is 29.1 Å². The number of hydrogen-bond donors (Lipinski definition) is 2. The van der Waals surface area contributed by atoms with Crippen LogP contribution in [0.5, 0.6) is 0 Å². The highest BCUT2D eigenvalue weighted by Gasteiger charge is 2.51. The highest BCUT2D eigenvalue weighted by molar-refractivity contribution is 5.99. The van der Waals surface area contributed by atoms with Gasteiger partial charge in [0.05, 0.1) is 5.54 Å². The molecule has 2 aliphatic rings. The van der Waals surface area contributed by atoms with Crippen LogP contribution in [0.4, 0.5) is 8.78 Å². The summed E-state index contributed by atoms with van der Waals surface area (Å²) in [6, 6.07) is 11.3. The molecule has 0 radical (unpaired) electrons. The fourth-order valence-corrected chi connectivity index (χ4v) is 5.10. The number of carbonyl (C=O) groups is 3. The van der Waals surface area contributed by atoms with Crippen molar-refractivity contribution in [3.05, 3.63) is 71.3 Å². The van der Waals surface area contributed by atoms with Gasteiger partial charge in [0.2, 0.25) is 11.8 Å². The van der Waals surface area contributed by atoms with E-state index in [1.807, 2.05) is 0 Å². The van der Waals surface area contributed by atoms with Crippen molar-refractivity contribution in [1.29, 1.82) is 0 Å². The number of carbonyl (C=O) groups excluding carboxylic acids is 3. The molecule has 180 valence electrons. The van der Waals surface area contributed by atoms with Gasteiger partial charge in [-0.3, -0.25) is 14.4 Å². The second kappa shape index (κ2) is 9.16. The summed E-state index contributed by atoms with van der Waals surface area (Å²) in [5, 5.41) is 5.93. The summed E-state index contributed by atoms with van der Waals surface area (Å²) in [5.74, 6) is -1.83. The first-order valence-corrected chi connectivity index (χ1v) is 11.5. The number of nitrogens with one attached hydrogen (secondary N) is 2. The zero-order valence-electron chi connectivity index (χ0n) is 19.4. The molecule has 0 saturated carbocycles. The number of rotatable bonds is 4. The average Bonchev–Trinajstić information content (AvgIpc) is 3.04. The fourth-order valence-electron chi connectivity index (χ4n) is 5.10. The smallest absolute Gasteiger partial charge is 0.252 e. The molecule has 2 heterocycles. The first-order chi connectivity index (χ1) is 16.1. The molecule has 8 heteroatoms. The number of halogens is 2. The van der Waals surface area contributed by atoms with E-state index in [4.69, 9.17) is 0 Å². The van der Waals surface area contributed by atoms with Crippen LogP contribution in [-0.2, 0) is 9.59 Å². The molecule has 34 heavy (non-hydrogen) atoms. The minimum atomic E-state index is -1.24. The molecule has 2 atom stereocenters. The minimum absolute atomic E-state index is 0.0530. The van der Waals surface area contributed by atoms with Crippen molar-refractivity contribution in [3.8, 4) is 0 Å². The van der Waals surface area contributed by atoms with Gasteiger partial charge in [0, 0.05) is 31.0 Å². The van der Waals surface area contributed by atoms with Gasteiger partial charge in [-0.2, -0.15) is 0 Å². The number of nitrogens with zero attached hydrogens (tertiary/aromatic N) is 1. The van der Waals surface area contributed by atoms with E-state index in [1.165, 1.54) is 36.4 Å². The maximum absolute atomic E-state index is 13.6. The first kappa shape index (κ1) is 23.9. The third-order valence-corrected chi connectivity index (χ3v) is 6.83. The monoisotopic (exact) mass is 469 g/mol. The second-order valence-corrected chi connectivity index (χ2v) is 9.79. The topological polar surface area (TPSA) is 78.5 Å². The molecule has 2 aromatic rings. The fraction of sp³-hybridized carbons (Fsp3) is 0.423. The predicted molar refractivity (Wildman–Crippen MR) is 123 cm³/mol. The maximum Gasteiger partial charge on any atom is 0.252 e. The van der Waals surface area contributed by atoms with E-state index in [2.05, 4.69) is 10.6 Å². The largest absolute Gasteiger partial charge is 0.348 e. The van der Waals surface area contributed by atoms with E-state index < -0.39 is 22.8 Å². The molecule has 1 spiro atoms. The van der Waals surface area contributed by atoms with Gasteiger partial charge in [-0.15, -0.1) is 0 Å². The van der Waals surface area contributed by atoms with Gasteiger partial charge in [0.1, 0.15) is 17.2 Å². The van der Waals surface area contributed by atoms with Crippen molar-refractivity contribution in [3.63, 3.8) is 0 Å². The predicted octanol–water partition coefficient (Wildman–Crippen LogP) is 3.53. The Hall–Kier alpha value is -3.29. The first-order valence-electron chi connectivity index (χ1n) is 11.5. The Bertz CT molecular complexity index is 1090. The lowest BCUT2D eigenvalue weighted by Crippen LogP contribution is -2.57. The van der Waals surface area contributed by atoms with Crippen LogP contribution in [0.3, 0.4) is 0 Å². The molecule has 2 saturated heterocycles. The highest BCUT2D eigenvalue weighted by atomic mass is 19.1. The molecule has 6 nitrogen and oxygen atoms in total. The van der Waals surface area contributed by atoms with Crippen LogP contribution in [0.1, 0.15) is 61.4 Å². The Labute approximate surface area is 197 Å². The van der Waals surface area contributed by atoms with E-state index in [0.29, 0.717) is 25.9 Å². The van der Waals surface area contributed by atoms with Crippen LogP contribution < -0.4 is 10.6 Å².